The molecule has 0 saturated heterocycles. The molecule has 0 rings (SSSR count). The monoisotopic (exact) mass is 973 g/mol. The van der Waals surface area contributed by atoms with E-state index in [4.69, 9.17) is 14.2 Å². The lowest BCUT2D eigenvalue weighted by Crippen LogP contribution is -2.30. The Morgan fingerprint density at radius 3 is 0.943 bits per heavy atom. The van der Waals surface area contributed by atoms with Crippen LogP contribution < -0.4 is 0 Å². The SMILES string of the molecule is CC/C=C\C/C=C\C/C=C\C/C=C\C/C=C\C/C=C\CCCCC(=O)OCC(COC(=O)CCCCCCC/C=C\C/C=C\CCCC)OC(=O)CCCCCCCCCCCCCCCCCCC. The van der Waals surface area contributed by atoms with Crippen LogP contribution in [-0.4, -0.2) is 37.2 Å². The second-order valence-electron chi connectivity index (χ2n) is 19.2. The van der Waals surface area contributed by atoms with Crippen LogP contribution in [0.3, 0.4) is 0 Å². The molecule has 0 aliphatic rings. The number of hydrogen-bond acceptors (Lipinski definition) is 6. The molecule has 0 radical (unpaired) electrons. The van der Waals surface area contributed by atoms with Crippen LogP contribution in [0, 0.1) is 0 Å². The molecule has 1 unspecified atom stereocenters. The minimum absolute atomic E-state index is 0.0975. The molecule has 6 heteroatoms. The van der Waals surface area contributed by atoms with Gasteiger partial charge in [0.25, 0.3) is 0 Å². The van der Waals surface area contributed by atoms with E-state index < -0.39 is 6.10 Å². The number of rotatable bonds is 52. The summed E-state index contributed by atoms with van der Waals surface area (Å²) < 4.78 is 16.8. The van der Waals surface area contributed by atoms with Gasteiger partial charge in [0.15, 0.2) is 6.10 Å². The minimum atomic E-state index is -0.801. The summed E-state index contributed by atoms with van der Waals surface area (Å²) in [4.78, 5) is 38.2. The smallest absolute Gasteiger partial charge is 0.306 e. The highest BCUT2D eigenvalue weighted by Crippen LogP contribution is 2.16. The Bertz CT molecular complexity index is 1400. The number of esters is 3. The van der Waals surface area contributed by atoms with Crippen LogP contribution in [-0.2, 0) is 28.6 Å². The molecule has 0 N–H and O–H groups in total. The van der Waals surface area contributed by atoms with Crippen LogP contribution in [0.25, 0.3) is 0 Å². The van der Waals surface area contributed by atoms with Crippen molar-refractivity contribution in [3.05, 3.63) is 97.2 Å². The van der Waals surface area contributed by atoms with Gasteiger partial charge in [-0.1, -0.05) is 253 Å². The topological polar surface area (TPSA) is 78.9 Å². The third-order valence-corrected chi connectivity index (χ3v) is 12.3. The highest BCUT2D eigenvalue weighted by Gasteiger charge is 2.19. The minimum Gasteiger partial charge on any atom is -0.462 e. The molecule has 0 amide bonds. The summed E-state index contributed by atoms with van der Waals surface area (Å²) in [6.07, 6.45) is 76.8. The lowest BCUT2D eigenvalue weighted by atomic mass is 10.0. The lowest BCUT2D eigenvalue weighted by Gasteiger charge is -2.18. The normalized spacial score (nSPS) is 12.8. The van der Waals surface area contributed by atoms with E-state index in [0.717, 1.165) is 122 Å². The first-order valence-electron chi connectivity index (χ1n) is 29.2. The van der Waals surface area contributed by atoms with E-state index in [0.29, 0.717) is 19.3 Å². The number of hydrogen-bond donors (Lipinski definition) is 0. The number of unbranched alkanes of at least 4 members (excludes halogenated alkanes) is 25. The van der Waals surface area contributed by atoms with Gasteiger partial charge in [0.1, 0.15) is 13.2 Å². The first-order valence-corrected chi connectivity index (χ1v) is 29.2. The van der Waals surface area contributed by atoms with Gasteiger partial charge < -0.3 is 14.2 Å². The summed E-state index contributed by atoms with van der Waals surface area (Å²) in [5.74, 6) is -0.949. The Hall–Kier alpha value is -3.67. The van der Waals surface area contributed by atoms with Gasteiger partial charge in [-0.15, -0.1) is 0 Å². The zero-order valence-electron chi connectivity index (χ0n) is 45.8. The maximum atomic E-state index is 12.9. The number of carbonyl (C=O) groups excluding carboxylic acids is 3. The second kappa shape index (κ2) is 57.9. The summed E-state index contributed by atoms with van der Waals surface area (Å²) >= 11 is 0. The van der Waals surface area contributed by atoms with Gasteiger partial charge >= 0.3 is 17.9 Å². The second-order valence-corrected chi connectivity index (χ2v) is 19.2. The molecule has 0 aromatic heterocycles. The van der Waals surface area contributed by atoms with E-state index in [9.17, 15) is 14.4 Å². The largest absolute Gasteiger partial charge is 0.462 e. The van der Waals surface area contributed by atoms with E-state index in [1.54, 1.807) is 0 Å². The van der Waals surface area contributed by atoms with E-state index in [1.165, 1.54) is 109 Å². The number of allylic oxidation sites excluding steroid dienone is 16. The van der Waals surface area contributed by atoms with Gasteiger partial charge in [-0.2, -0.15) is 0 Å². The fourth-order valence-electron chi connectivity index (χ4n) is 7.93. The fourth-order valence-corrected chi connectivity index (χ4v) is 7.93. The Balaban J connectivity index is 4.46. The van der Waals surface area contributed by atoms with Crippen LogP contribution >= 0.6 is 0 Å². The standard InChI is InChI=1S/C64H108O6/c1-4-7-10-13-16-19-22-25-28-30-31-32-33-35-36-39-42-45-48-51-54-57-63(66)69-60-61(59-68-62(65)56-53-50-47-44-41-38-27-24-21-18-15-12-9-6-3)70-64(67)58-55-52-49-46-43-40-37-34-29-26-23-20-17-14-11-8-5-2/h7,10,15-16,18-19,24-25,27-28,31-32,35-36,42,45,61H,4-6,8-9,11-14,17,20-23,26,29-30,33-34,37-41,43-44,46-60H2,1-3H3/b10-7-,18-15-,19-16-,27-24-,28-25-,32-31-,36-35-,45-42-. The van der Waals surface area contributed by atoms with Gasteiger partial charge in [0, 0.05) is 19.3 Å². The zero-order chi connectivity index (χ0) is 50.7. The van der Waals surface area contributed by atoms with Crippen molar-refractivity contribution in [2.24, 2.45) is 0 Å². The summed E-state index contributed by atoms with van der Waals surface area (Å²) in [5, 5.41) is 0. The number of carbonyl (C=O) groups is 3. The molecular weight excluding hydrogens is 865 g/mol. The van der Waals surface area contributed by atoms with Gasteiger partial charge in [-0.3, -0.25) is 14.4 Å². The molecular formula is C64H108O6. The van der Waals surface area contributed by atoms with E-state index in [1.807, 2.05) is 0 Å². The summed E-state index contributed by atoms with van der Waals surface area (Å²) in [6, 6.07) is 0. The molecule has 0 aliphatic carbocycles. The Morgan fingerprint density at radius 1 is 0.300 bits per heavy atom. The summed E-state index contributed by atoms with van der Waals surface area (Å²) in [5.41, 5.74) is 0. The van der Waals surface area contributed by atoms with Gasteiger partial charge in [0.2, 0.25) is 0 Å². The molecule has 6 nitrogen and oxygen atoms in total. The number of ether oxygens (including phenoxy) is 3. The van der Waals surface area contributed by atoms with Crippen LogP contribution in [0.2, 0.25) is 0 Å². The quantitative estimate of drug-likeness (QED) is 0.0262. The molecule has 0 fully saturated rings. The van der Waals surface area contributed by atoms with Crippen molar-refractivity contribution < 1.29 is 28.6 Å². The molecule has 0 aromatic carbocycles. The third kappa shape index (κ3) is 55.3. The first kappa shape index (κ1) is 66.3. The molecule has 70 heavy (non-hydrogen) atoms. The van der Waals surface area contributed by atoms with Crippen molar-refractivity contribution in [1.82, 2.24) is 0 Å². The summed E-state index contributed by atoms with van der Waals surface area (Å²) in [6.45, 7) is 6.45. The maximum Gasteiger partial charge on any atom is 0.306 e. The van der Waals surface area contributed by atoms with E-state index >= 15 is 0 Å². The Morgan fingerprint density at radius 2 is 0.571 bits per heavy atom. The molecule has 0 aromatic rings. The summed E-state index contributed by atoms with van der Waals surface area (Å²) in [7, 11) is 0. The fraction of sp³-hybridized carbons (Fsp3) is 0.703. The Kier molecular flexibility index (Phi) is 54.9. The molecule has 0 spiro atoms. The third-order valence-electron chi connectivity index (χ3n) is 12.3. The van der Waals surface area contributed by atoms with Crippen molar-refractivity contribution in [2.75, 3.05) is 13.2 Å². The van der Waals surface area contributed by atoms with Crippen molar-refractivity contribution in [1.29, 1.82) is 0 Å². The maximum absolute atomic E-state index is 12.9. The molecule has 0 heterocycles. The molecule has 0 bridgehead atoms. The van der Waals surface area contributed by atoms with Crippen LogP contribution in [0.4, 0.5) is 0 Å². The average molecular weight is 974 g/mol. The predicted molar refractivity (Wildman–Crippen MR) is 302 cm³/mol. The van der Waals surface area contributed by atoms with Crippen LogP contribution in [0.5, 0.6) is 0 Å². The molecule has 400 valence electrons. The molecule has 1 atom stereocenters. The lowest BCUT2D eigenvalue weighted by molar-refractivity contribution is -0.167. The highest BCUT2D eigenvalue weighted by molar-refractivity contribution is 5.71. The Labute approximate surface area is 432 Å². The van der Waals surface area contributed by atoms with E-state index in [2.05, 4.69) is 118 Å². The van der Waals surface area contributed by atoms with Gasteiger partial charge in [-0.05, 0) is 96.3 Å². The zero-order valence-corrected chi connectivity index (χ0v) is 45.8. The predicted octanol–water partition coefficient (Wildman–Crippen LogP) is 19.7. The van der Waals surface area contributed by atoms with Crippen LogP contribution in [0.15, 0.2) is 97.2 Å². The van der Waals surface area contributed by atoms with Crippen molar-refractivity contribution in [2.45, 2.75) is 277 Å². The van der Waals surface area contributed by atoms with E-state index in [-0.39, 0.29) is 31.1 Å². The molecule has 0 aliphatic heterocycles. The van der Waals surface area contributed by atoms with Crippen LogP contribution in [0.1, 0.15) is 271 Å². The van der Waals surface area contributed by atoms with Gasteiger partial charge in [0.05, 0.1) is 0 Å². The average Bonchev–Trinajstić information content (AvgIpc) is 3.36. The first-order chi connectivity index (χ1) is 34.5. The van der Waals surface area contributed by atoms with Crippen molar-refractivity contribution >= 4 is 17.9 Å². The van der Waals surface area contributed by atoms with Crippen molar-refractivity contribution in [3.8, 4) is 0 Å². The van der Waals surface area contributed by atoms with Gasteiger partial charge in [-0.25, -0.2) is 0 Å². The highest BCUT2D eigenvalue weighted by atomic mass is 16.6. The molecule has 0 saturated carbocycles. The van der Waals surface area contributed by atoms with Crippen molar-refractivity contribution in [3.63, 3.8) is 0 Å².